The van der Waals surface area contributed by atoms with E-state index in [1.54, 1.807) is 0 Å². The van der Waals surface area contributed by atoms with Crippen LogP contribution in [0.1, 0.15) is 44.2 Å². The number of hydrogen-bond acceptors (Lipinski definition) is 2. The molecule has 2 nitrogen and oxygen atoms in total. The SMILES string of the molecule is CCCN(CCC)[C@@H]1CCc2cc(O)ccc2C1. The van der Waals surface area contributed by atoms with Gasteiger partial charge in [0, 0.05) is 6.04 Å². The van der Waals surface area contributed by atoms with Crippen molar-refractivity contribution in [2.75, 3.05) is 13.1 Å². The van der Waals surface area contributed by atoms with E-state index in [0.29, 0.717) is 11.8 Å². The lowest BCUT2D eigenvalue weighted by Crippen LogP contribution is -2.40. The third kappa shape index (κ3) is 3.05. The third-order valence-electron chi connectivity index (χ3n) is 3.93. The Hall–Kier alpha value is -1.02. The van der Waals surface area contributed by atoms with Gasteiger partial charge >= 0.3 is 0 Å². The van der Waals surface area contributed by atoms with Gasteiger partial charge in [0.05, 0.1) is 0 Å². The molecule has 100 valence electrons. The first-order chi connectivity index (χ1) is 8.74. The van der Waals surface area contributed by atoms with Gasteiger partial charge in [-0.15, -0.1) is 0 Å². The number of phenols is 1. The van der Waals surface area contributed by atoms with E-state index in [0.717, 1.165) is 12.8 Å². The quantitative estimate of drug-likeness (QED) is 0.862. The first-order valence-electron chi connectivity index (χ1n) is 7.29. The second-order valence-electron chi connectivity index (χ2n) is 5.39. The Morgan fingerprint density at radius 1 is 1.17 bits per heavy atom. The number of aryl methyl sites for hydroxylation is 1. The number of hydrogen-bond donors (Lipinski definition) is 1. The summed E-state index contributed by atoms with van der Waals surface area (Å²) < 4.78 is 0. The molecule has 0 spiro atoms. The molecule has 2 heteroatoms. The minimum absolute atomic E-state index is 0.408. The fourth-order valence-electron chi connectivity index (χ4n) is 3.09. The van der Waals surface area contributed by atoms with Crippen LogP contribution in [0, 0.1) is 0 Å². The average molecular weight is 247 g/mol. The molecule has 0 amide bonds. The van der Waals surface area contributed by atoms with Crippen molar-refractivity contribution < 1.29 is 5.11 Å². The van der Waals surface area contributed by atoms with Gasteiger partial charge in [0.15, 0.2) is 0 Å². The number of phenolic OH excluding ortho intramolecular Hbond substituents is 1. The zero-order valence-electron chi connectivity index (χ0n) is 11.7. The molecule has 1 aromatic rings. The number of benzene rings is 1. The Kier molecular flexibility index (Phi) is 4.65. The van der Waals surface area contributed by atoms with Crippen molar-refractivity contribution >= 4 is 0 Å². The van der Waals surface area contributed by atoms with E-state index in [1.807, 2.05) is 12.1 Å². The van der Waals surface area contributed by atoms with Crippen molar-refractivity contribution in [2.24, 2.45) is 0 Å². The maximum Gasteiger partial charge on any atom is 0.115 e. The molecule has 18 heavy (non-hydrogen) atoms. The van der Waals surface area contributed by atoms with Crippen LogP contribution in [0.15, 0.2) is 18.2 Å². The van der Waals surface area contributed by atoms with Crippen molar-refractivity contribution in [1.29, 1.82) is 0 Å². The molecular formula is C16H25NO. The second kappa shape index (κ2) is 6.24. The number of fused-ring (bicyclic) bond motifs is 1. The Morgan fingerprint density at radius 2 is 1.89 bits per heavy atom. The minimum Gasteiger partial charge on any atom is -0.508 e. The van der Waals surface area contributed by atoms with Crippen LogP contribution < -0.4 is 0 Å². The highest BCUT2D eigenvalue weighted by Gasteiger charge is 2.23. The van der Waals surface area contributed by atoms with E-state index in [-0.39, 0.29) is 0 Å². The number of aromatic hydroxyl groups is 1. The highest BCUT2D eigenvalue weighted by atomic mass is 16.3. The largest absolute Gasteiger partial charge is 0.508 e. The van der Waals surface area contributed by atoms with Crippen LogP contribution in [0.25, 0.3) is 0 Å². The lowest BCUT2D eigenvalue weighted by atomic mass is 9.87. The van der Waals surface area contributed by atoms with E-state index in [2.05, 4.69) is 24.8 Å². The fourth-order valence-corrected chi connectivity index (χ4v) is 3.09. The van der Waals surface area contributed by atoms with E-state index in [9.17, 15) is 5.11 Å². The molecule has 0 radical (unpaired) electrons. The van der Waals surface area contributed by atoms with Gasteiger partial charge in [0.2, 0.25) is 0 Å². The second-order valence-corrected chi connectivity index (χ2v) is 5.39. The molecule has 1 N–H and O–H groups in total. The molecule has 0 heterocycles. The molecule has 0 saturated heterocycles. The summed E-state index contributed by atoms with van der Waals surface area (Å²) in [6.07, 6.45) is 5.96. The molecule has 1 atom stereocenters. The van der Waals surface area contributed by atoms with Gasteiger partial charge < -0.3 is 10.0 Å². The fraction of sp³-hybridized carbons (Fsp3) is 0.625. The van der Waals surface area contributed by atoms with Crippen LogP contribution >= 0.6 is 0 Å². The summed E-state index contributed by atoms with van der Waals surface area (Å²) in [6, 6.07) is 6.56. The Balaban J connectivity index is 2.07. The highest BCUT2D eigenvalue weighted by molar-refractivity contribution is 5.37. The van der Waals surface area contributed by atoms with Crippen molar-refractivity contribution in [3.63, 3.8) is 0 Å². The van der Waals surface area contributed by atoms with E-state index < -0.39 is 0 Å². The normalized spacial score (nSPS) is 18.9. The van der Waals surface area contributed by atoms with E-state index in [4.69, 9.17) is 0 Å². The first kappa shape index (κ1) is 13.4. The van der Waals surface area contributed by atoms with Crippen molar-refractivity contribution in [3.8, 4) is 5.75 Å². The molecule has 0 unspecified atom stereocenters. The summed E-state index contributed by atoms with van der Waals surface area (Å²) >= 11 is 0. The van der Waals surface area contributed by atoms with E-state index in [1.165, 1.54) is 43.5 Å². The molecule has 0 aromatic heterocycles. The highest BCUT2D eigenvalue weighted by Crippen LogP contribution is 2.27. The molecule has 2 rings (SSSR count). The first-order valence-corrected chi connectivity index (χ1v) is 7.29. The summed E-state index contributed by atoms with van der Waals surface area (Å²) in [5.74, 6) is 0.408. The summed E-state index contributed by atoms with van der Waals surface area (Å²) in [5, 5.41) is 9.52. The molecule has 0 fully saturated rings. The topological polar surface area (TPSA) is 23.5 Å². The van der Waals surface area contributed by atoms with Crippen LogP contribution in [0.5, 0.6) is 5.75 Å². The van der Waals surface area contributed by atoms with Gasteiger partial charge in [-0.1, -0.05) is 19.9 Å². The molecular weight excluding hydrogens is 222 g/mol. The van der Waals surface area contributed by atoms with Crippen LogP contribution in [0.4, 0.5) is 0 Å². The number of rotatable bonds is 5. The third-order valence-corrected chi connectivity index (χ3v) is 3.93. The molecule has 1 aliphatic rings. The number of nitrogens with zero attached hydrogens (tertiary/aromatic N) is 1. The van der Waals surface area contributed by atoms with Crippen molar-refractivity contribution in [2.45, 2.75) is 52.0 Å². The van der Waals surface area contributed by atoms with Gasteiger partial charge in [-0.3, -0.25) is 0 Å². The van der Waals surface area contributed by atoms with Crippen LogP contribution in [0.2, 0.25) is 0 Å². The monoisotopic (exact) mass is 247 g/mol. The zero-order valence-corrected chi connectivity index (χ0v) is 11.7. The Labute approximate surface area is 111 Å². The standard InChI is InChI=1S/C16H25NO/c1-3-9-17(10-4-2)15-7-5-14-12-16(18)8-6-13(14)11-15/h6,8,12,15,18H,3-5,7,9-11H2,1-2H3/t15-/m1/s1. The lowest BCUT2D eigenvalue weighted by molar-refractivity contribution is 0.180. The Morgan fingerprint density at radius 3 is 2.56 bits per heavy atom. The average Bonchev–Trinajstić information content (AvgIpc) is 2.38. The van der Waals surface area contributed by atoms with Gasteiger partial charge in [-0.25, -0.2) is 0 Å². The summed E-state index contributed by atoms with van der Waals surface area (Å²) in [5.41, 5.74) is 2.78. The maximum atomic E-state index is 9.52. The van der Waals surface area contributed by atoms with Crippen molar-refractivity contribution in [3.05, 3.63) is 29.3 Å². The summed E-state index contributed by atoms with van der Waals surface area (Å²) in [4.78, 5) is 2.65. The van der Waals surface area contributed by atoms with Gasteiger partial charge in [0.1, 0.15) is 5.75 Å². The molecule has 0 aliphatic heterocycles. The minimum atomic E-state index is 0.408. The Bertz CT molecular complexity index is 383. The van der Waals surface area contributed by atoms with Gasteiger partial charge in [-0.2, -0.15) is 0 Å². The predicted molar refractivity (Wildman–Crippen MR) is 76.1 cm³/mol. The molecule has 0 bridgehead atoms. The smallest absolute Gasteiger partial charge is 0.115 e. The van der Waals surface area contributed by atoms with Crippen LogP contribution in [-0.4, -0.2) is 29.1 Å². The molecule has 0 saturated carbocycles. The maximum absolute atomic E-state index is 9.52. The predicted octanol–water partition coefficient (Wildman–Crippen LogP) is 3.37. The van der Waals surface area contributed by atoms with Crippen molar-refractivity contribution in [1.82, 2.24) is 4.90 Å². The van der Waals surface area contributed by atoms with E-state index >= 15 is 0 Å². The van der Waals surface area contributed by atoms with Crippen LogP contribution in [-0.2, 0) is 12.8 Å². The summed E-state index contributed by atoms with van der Waals surface area (Å²) in [7, 11) is 0. The van der Waals surface area contributed by atoms with Gasteiger partial charge in [0.25, 0.3) is 0 Å². The summed E-state index contributed by atoms with van der Waals surface area (Å²) in [6.45, 7) is 6.95. The zero-order chi connectivity index (χ0) is 13.0. The molecule has 1 aliphatic carbocycles. The molecule has 1 aromatic carbocycles. The van der Waals surface area contributed by atoms with Gasteiger partial charge in [-0.05, 0) is 68.5 Å². The van der Waals surface area contributed by atoms with Crippen LogP contribution in [0.3, 0.4) is 0 Å². The lowest BCUT2D eigenvalue weighted by Gasteiger charge is -2.35.